The maximum atomic E-state index is 11.5. The number of carbonyl (C=O) groups is 4. The summed E-state index contributed by atoms with van der Waals surface area (Å²) < 4.78 is 9.46. The Labute approximate surface area is 126 Å². The predicted octanol–water partition coefficient (Wildman–Crippen LogP) is -0.166. The van der Waals surface area contributed by atoms with Crippen LogP contribution in [-0.2, 0) is 28.7 Å². The molecule has 0 bridgehead atoms. The van der Waals surface area contributed by atoms with E-state index in [-0.39, 0.29) is 5.57 Å². The molecule has 0 spiro atoms. The first kappa shape index (κ1) is 18.8. The van der Waals surface area contributed by atoms with E-state index < -0.39 is 41.8 Å². The van der Waals surface area contributed by atoms with E-state index in [4.69, 9.17) is 10.5 Å². The summed E-state index contributed by atoms with van der Waals surface area (Å²) in [5.41, 5.74) is 4.71. The smallest absolute Gasteiger partial charge is 0.339 e. The van der Waals surface area contributed by atoms with E-state index in [1.54, 1.807) is 0 Å². The van der Waals surface area contributed by atoms with E-state index in [1.165, 1.54) is 6.92 Å². The number of nitrogens with one attached hydrogen (secondary N) is 1. The highest BCUT2D eigenvalue weighted by Crippen LogP contribution is 2.08. The maximum absolute atomic E-state index is 11.5. The third-order valence-corrected chi connectivity index (χ3v) is 2.06. The van der Waals surface area contributed by atoms with Crippen molar-refractivity contribution in [2.75, 3.05) is 6.61 Å². The summed E-state index contributed by atoms with van der Waals surface area (Å²) in [7, 11) is 0. The van der Waals surface area contributed by atoms with Crippen LogP contribution in [0.1, 0.15) is 6.92 Å². The molecule has 0 radical (unpaired) electrons. The number of rotatable bonds is 8. The van der Waals surface area contributed by atoms with Crippen molar-refractivity contribution in [2.45, 2.75) is 6.92 Å². The van der Waals surface area contributed by atoms with Gasteiger partial charge in [0, 0.05) is 11.6 Å². The zero-order chi connectivity index (χ0) is 17.3. The number of esters is 2. The summed E-state index contributed by atoms with van der Waals surface area (Å²) >= 11 is 0. The Hall–Kier alpha value is -3.16. The van der Waals surface area contributed by atoms with Crippen molar-refractivity contribution in [2.24, 2.45) is 5.73 Å². The molecule has 0 unspecified atom stereocenters. The molecule has 8 heteroatoms. The fourth-order valence-corrected chi connectivity index (χ4v) is 0.956. The number of ether oxygens (including phenoxy) is 2. The zero-order valence-electron chi connectivity index (χ0n) is 12.0. The number of hydrogen-bond donors (Lipinski definition) is 2. The molecule has 0 atom stereocenters. The van der Waals surface area contributed by atoms with Gasteiger partial charge >= 0.3 is 11.9 Å². The van der Waals surface area contributed by atoms with Crippen molar-refractivity contribution in [1.29, 1.82) is 0 Å². The van der Waals surface area contributed by atoms with Gasteiger partial charge in [-0.15, -0.1) is 0 Å². The SMILES string of the molecule is C=CC(=O)NC(OC(=O)C(=C)C)=C(COC(=O)C=C)C(N)=O. The molecule has 2 amide bonds. The monoisotopic (exact) mass is 308 g/mol. The summed E-state index contributed by atoms with van der Waals surface area (Å²) in [4.78, 5) is 45.3. The standard InChI is InChI=1S/C14H16N2O6/c1-5-10(17)16-13(22-14(20)8(3)4)9(12(15)19)7-21-11(18)6-2/h5-6H,1-3,7H2,4H3,(H2,15,19)(H,16,17). The van der Waals surface area contributed by atoms with E-state index in [0.717, 1.165) is 12.2 Å². The normalized spacial score (nSPS) is 10.6. The van der Waals surface area contributed by atoms with Gasteiger partial charge in [-0.25, -0.2) is 9.59 Å². The number of primary amides is 1. The lowest BCUT2D eigenvalue weighted by atomic mass is 10.2. The molecule has 118 valence electrons. The van der Waals surface area contributed by atoms with Gasteiger partial charge in [0.15, 0.2) is 0 Å². The van der Waals surface area contributed by atoms with Crippen molar-refractivity contribution >= 4 is 23.8 Å². The number of hydrogen-bond acceptors (Lipinski definition) is 6. The minimum atomic E-state index is -1.06. The van der Waals surface area contributed by atoms with Gasteiger partial charge in [0.2, 0.25) is 11.8 Å². The second kappa shape index (κ2) is 8.90. The molecular weight excluding hydrogens is 292 g/mol. The van der Waals surface area contributed by atoms with Crippen molar-refractivity contribution in [3.63, 3.8) is 0 Å². The Bertz CT molecular complexity index is 574. The lowest BCUT2D eigenvalue weighted by Crippen LogP contribution is -2.31. The van der Waals surface area contributed by atoms with Crippen LogP contribution >= 0.6 is 0 Å². The molecule has 3 N–H and O–H groups in total. The van der Waals surface area contributed by atoms with Crippen LogP contribution in [0.25, 0.3) is 0 Å². The fourth-order valence-electron chi connectivity index (χ4n) is 0.956. The van der Waals surface area contributed by atoms with Gasteiger partial charge in [-0.1, -0.05) is 19.7 Å². The molecule has 0 aliphatic rings. The molecule has 0 aromatic rings. The summed E-state index contributed by atoms with van der Waals surface area (Å²) in [6.07, 6.45) is 1.74. The number of amides is 2. The molecule has 8 nitrogen and oxygen atoms in total. The van der Waals surface area contributed by atoms with E-state index in [9.17, 15) is 19.2 Å². The van der Waals surface area contributed by atoms with Crippen LogP contribution in [0, 0.1) is 0 Å². The van der Waals surface area contributed by atoms with Crippen LogP contribution < -0.4 is 11.1 Å². The Morgan fingerprint density at radius 3 is 2.18 bits per heavy atom. The van der Waals surface area contributed by atoms with Crippen LogP contribution in [-0.4, -0.2) is 30.4 Å². The molecule has 0 saturated heterocycles. The first-order chi connectivity index (χ1) is 10.2. The Morgan fingerprint density at radius 2 is 1.77 bits per heavy atom. The average molecular weight is 308 g/mol. The number of nitrogens with two attached hydrogens (primary N) is 1. The second-order valence-electron chi connectivity index (χ2n) is 3.85. The first-order valence-electron chi connectivity index (χ1n) is 5.86. The van der Waals surface area contributed by atoms with E-state index >= 15 is 0 Å². The van der Waals surface area contributed by atoms with Crippen LogP contribution in [0.2, 0.25) is 0 Å². The van der Waals surface area contributed by atoms with E-state index in [0.29, 0.717) is 0 Å². The maximum Gasteiger partial charge on any atom is 0.339 e. The van der Waals surface area contributed by atoms with Crippen LogP contribution in [0.5, 0.6) is 0 Å². The highest BCUT2D eigenvalue weighted by molar-refractivity contribution is 5.97. The van der Waals surface area contributed by atoms with Gasteiger partial charge in [0.25, 0.3) is 5.91 Å². The molecule has 0 aliphatic heterocycles. The van der Waals surface area contributed by atoms with Crippen molar-refractivity contribution in [1.82, 2.24) is 5.32 Å². The van der Waals surface area contributed by atoms with Gasteiger partial charge in [-0.2, -0.15) is 0 Å². The molecule has 0 fully saturated rings. The van der Waals surface area contributed by atoms with Gasteiger partial charge in [0.05, 0.1) is 0 Å². The van der Waals surface area contributed by atoms with Crippen molar-refractivity contribution in [3.05, 3.63) is 48.9 Å². The van der Waals surface area contributed by atoms with Gasteiger partial charge in [-0.3, -0.25) is 14.9 Å². The van der Waals surface area contributed by atoms with Gasteiger partial charge in [-0.05, 0) is 13.0 Å². The Kier molecular flexibility index (Phi) is 7.62. The minimum absolute atomic E-state index is 0.0114. The second-order valence-corrected chi connectivity index (χ2v) is 3.85. The molecule has 0 aliphatic carbocycles. The Balaban J connectivity index is 5.58. The van der Waals surface area contributed by atoms with Crippen molar-refractivity contribution in [3.8, 4) is 0 Å². The molecule has 0 saturated carbocycles. The summed E-state index contributed by atoms with van der Waals surface area (Å²) in [5.74, 6) is -4.14. The number of carbonyl (C=O) groups excluding carboxylic acids is 4. The lowest BCUT2D eigenvalue weighted by Gasteiger charge is -2.13. The fraction of sp³-hybridized carbons (Fsp3) is 0.143. The lowest BCUT2D eigenvalue weighted by molar-refractivity contribution is -0.137. The summed E-state index contributed by atoms with van der Waals surface area (Å²) in [5, 5.41) is 2.10. The minimum Gasteiger partial charge on any atom is -0.457 e. The third-order valence-electron chi connectivity index (χ3n) is 2.06. The molecule has 0 heterocycles. The van der Waals surface area contributed by atoms with E-state index in [2.05, 4.69) is 29.8 Å². The zero-order valence-corrected chi connectivity index (χ0v) is 12.0. The van der Waals surface area contributed by atoms with Gasteiger partial charge < -0.3 is 15.2 Å². The largest absolute Gasteiger partial charge is 0.457 e. The molecule has 0 rings (SSSR count). The molecule has 0 aromatic heterocycles. The summed E-state index contributed by atoms with van der Waals surface area (Å²) in [6.45, 7) is 10.5. The average Bonchev–Trinajstić information content (AvgIpc) is 2.45. The summed E-state index contributed by atoms with van der Waals surface area (Å²) in [6, 6.07) is 0. The predicted molar refractivity (Wildman–Crippen MR) is 76.6 cm³/mol. The van der Waals surface area contributed by atoms with Crippen molar-refractivity contribution < 1.29 is 28.7 Å². The van der Waals surface area contributed by atoms with Crippen LogP contribution in [0.4, 0.5) is 0 Å². The third kappa shape index (κ3) is 6.33. The topological polar surface area (TPSA) is 125 Å². The molecule has 22 heavy (non-hydrogen) atoms. The van der Waals surface area contributed by atoms with Crippen LogP contribution in [0.15, 0.2) is 48.9 Å². The first-order valence-corrected chi connectivity index (χ1v) is 5.86. The molecule has 0 aromatic carbocycles. The van der Waals surface area contributed by atoms with E-state index in [1.807, 2.05) is 0 Å². The highest BCUT2D eigenvalue weighted by atomic mass is 16.6. The highest BCUT2D eigenvalue weighted by Gasteiger charge is 2.20. The van der Waals surface area contributed by atoms with Crippen LogP contribution in [0.3, 0.4) is 0 Å². The van der Waals surface area contributed by atoms with Gasteiger partial charge in [0.1, 0.15) is 12.2 Å². The quantitative estimate of drug-likeness (QED) is 0.364. The molecular formula is C14H16N2O6. The Morgan fingerprint density at radius 1 is 1.18 bits per heavy atom.